The van der Waals surface area contributed by atoms with Crippen LogP contribution in [0, 0.1) is 0 Å². The fourth-order valence-electron chi connectivity index (χ4n) is 4.70. The summed E-state index contributed by atoms with van der Waals surface area (Å²) in [5.41, 5.74) is 1.40. The highest BCUT2D eigenvalue weighted by atomic mass is 32.2. The normalized spacial score (nSPS) is 12.3. The Hall–Kier alpha value is -4.28. The highest BCUT2D eigenvalue weighted by molar-refractivity contribution is 7.91. The van der Waals surface area contributed by atoms with Crippen LogP contribution in [0.2, 0.25) is 0 Å². The molecule has 2 N–H and O–H groups in total. The Morgan fingerprint density at radius 3 is 2.24 bits per heavy atom. The van der Waals surface area contributed by atoms with E-state index in [1.807, 2.05) is 51.1 Å². The second-order valence-electron chi connectivity index (χ2n) is 9.70. The molecule has 10 heteroatoms. The van der Waals surface area contributed by atoms with Crippen molar-refractivity contribution < 1.29 is 23.1 Å². The summed E-state index contributed by atoms with van der Waals surface area (Å²) in [6.45, 7) is 5.45. The lowest BCUT2D eigenvalue weighted by Crippen LogP contribution is -2.28. The molecule has 0 spiro atoms. The number of carbonyl (C=O) groups is 1. The van der Waals surface area contributed by atoms with Gasteiger partial charge in [0.2, 0.25) is 15.7 Å². The number of ether oxygens (including phenoxy) is 1. The van der Waals surface area contributed by atoms with Gasteiger partial charge >= 0.3 is 0 Å². The van der Waals surface area contributed by atoms with E-state index in [4.69, 9.17) is 4.74 Å². The molecule has 4 aromatic rings. The van der Waals surface area contributed by atoms with E-state index in [1.165, 1.54) is 23.7 Å². The van der Waals surface area contributed by atoms with E-state index in [-0.39, 0.29) is 29.3 Å². The molecule has 0 saturated carbocycles. The molecule has 1 aromatic heterocycles. The number of sulfone groups is 1. The first-order chi connectivity index (χ1) is 19.6. The number of rotatable bonds is 10. The number of hydrogen-bond donors (Lipinski definition) is 2. The molecular weight excluding hydrogens is 542 g/mol. The van der Waals surface area contributed by atoms with Crippen molar-refractivity contribution in [3.63, 3.8) is 0 Å². The van der Waals surface area contributed by atoms with Crippen molar-refractivity contribution >= 4 is 15.7 Å². The highest BCUT2D eigenvalue weighted by Gasteiger charge is 2.32. The van der Waals surface area contributed by atoms with Crippen molar-refractivity contribution in [2.24, 2.45) is 0 Å². The van der Waals surface area contributed by atoms with Crippen molar-refractivity contribution in [3.05, 3.63) is 106 Å². The second kappa shape index (κ2) is 12.5. The lowest BCUT2D eigenvalue weighted by atomic mass is 9.99. The van der Waals surface area contributed by atoms with E-state index in [0.717, 1.165) is 5.56 Å². The fourth-order valence-corrected chi connectivity index (χ4v) is 6.04. The molecule has 0 radical (unpaired) electrons. The molecule has 4 rings (SSSR count). The van der Waals surface area contributed by atoms with Crippen LogP contribution in [-0.2, 0) is 21.2 Å². The van der Waals surface area contributed by atoms with Crippen LogP contribution in [0.15, 0.2) is 93.4 Å². The third kappa shape index (κ3) is 6.08. The van der Waals surface area contributed by atoms with Crippen LogP contribution in [-0.4, -0.2) is 42.1 Å². The zero-order valence-electron chi connectivity index (χ0n) is 23.4. The van der Waals surface area contributed by atoms with Crippen LogP contribution in [0.25, 0.3) is 11.1 Å². The third-order valence-electron chi connectivity index (χ3n) is 6.71. The summed E-state index contributed by atoms with van der Waals surface area (Å²) in [7, 11) is -2.96. The number of hydrogen-bond acceptors (Lipinski definition) is 7. The van der Waals surface area contributed by atoms with Crippen LogP contribution >= 0.6 is 0 Å². The molecule has 0 aliphatic heterocycles. The van der Waals surface area contributed by atoms with Crippen molar-refractivity contribution in [3.8, 4) is 17.0 Å². The monoisotopic (exact) mass is 575 g/mol. The van der Waals surface area contributed by atoms with Gasteiger partial charge in [-0.25, -0.2) is 8.42 Å². The minimum absolute atomic E-state index is 0.0937. The molecular formula is C31H33N3O6S. The summed E-state index contributed by atoms with van der Waals surface area (Å²) < 4.78 is 34.7. The van der Waals surface area contributed by atoms with Crippen LogP contribution in [0.5, 0.6) is 5.88 Å². The molecule has 0 unspecified atom stereocenters. The van der Waals surface area contributed by atoms with Crippen molar-refractivity contribution in [1.82, 2.24) is 14.9 Å². The maximum atomic E-state index is 13.8. The van der Waals surface area contributed by atoms with Gasteiger partial charge in [0.15, 0.2) is 4.90 Å². The van der Waals surface area contributed by atoms with E-state index in [9.17, 15) is 23.1 Å². The predicted octanol–water partition coefficient (Wildman–Crippen LogP) is 4.73. The summed E-state index contributed by atoms with van der Waals surface area (Å²) in [5.74, 6) is -0.853. The molecule has 9 nitrogen and oxygen atoms in total. The summed E-state index contributed by atoms with van der Waals surface area (Å²) in [6, 6.07) is 21.5. The fraction of sp³-hybridized carbons (Fsp3) is 0.258. The maximum Gasteiger partial charge on any atom is 0.296 e. The van der Waals surface area contributed by atoms with E-state index in [0.29, 0.717) is 23.1 Å². The zero-order valence-corrected chi connectivity index (χ0v) is 24.2. The van der Waals surface area contributed by atoms with Crippen LogP contribution in [0.1, 0.15) is 55.0 Å². The van der Waals surface area contributed by atoms with Gasteiger partial charge in [-0.15, -0.1) is 0 Å². The smallest absolute Gasteiger partial charge is 0.296 e. The Labute approximate surface area is 239 Å². The first-order valence-corrected chi connectivity index (χ1v) is 14.8. The van der Waals surface area contributed by atoms with Gasteiger partial charge in [0, 0.05) is 12.6 Å². The van der Waals surface area contributed by atoms with Crippen molar-refractivity contribution in [2.45, 2.75) is 55.7 Å². The van der Waals surface area contributed by atoms with Gasteiger partial charge in [-0.3, -0.25) is 14.2 Å². The van der Waals surface area contributed by atoms with Gasteiger partial charge < -0.3 is 15.2 Å². The van der Waals surface area contributed by atoms with Gasteiger partial charge in [0.25, 0.3) is 11.5 Å². The summed E-state index contributed by atoms with van der Waals surface area (Å²) in [4.78, 5) is 28.6. The topological polar surface area (TPSA) is 128 Å². The number of amides is 1. The zero-order chi connectivity index (χ0) is 29.7. The van der Waals surface area contributed by atoms with E-state index < -0.39 is 32.2 Å². The molecule has 41 heavy (non-hydrogen) atoms. The molecule has 1 heterocycles. The molecule has 0 saturated heterocycles. The quantitative estimate of drug-likeness (QED) is 0.280. The average molecular weight is 576 g/mol. The highest BCUT2D eigenvalue weighted by Crippen LogP contribution is 2.34. The summed E-state index contributed by atoms with van der Waals surface area (Å²) >= 11 is 0. The minimum atomic E-state index is -4.49. The Kier molecular flexibility index (Phi) is 9.05. The van der Waals surface area contributed by atoms with Crippen LogP contribution in [0.3, 0.4) is 0 Å². The summed E-state index contributed by atoms with van der Waals surface area (Å²) in [6.07, 6.45) is 0.296. The van der Waals surface area contributed by atoms with Gasteiger partial charge in [-0.2, -0.15) is 4.98 Å². The lowest BCUT2D eigenvalue weighted by molar-refractivity contribution is 0.0571. The van der Waals surface area contributed by atoms with E-state index >= 15 is 0 Å². The maximum absolute atomic E-state index is 13.8. The lowest BCUT2D eigenvalue weighted by Gasteiger charge is -2.25. The molecule has 0 bridgehead atoms. The molecule has 0 aliphatic rings. The Balaban J connectivity index is 1.85. The second-order valence-corrected chi connectivity index (χ2v) is 11.6. The molecule has 0 fully saturated rings. The van der Waals surface area contributed by atoms with E-state index in [1.54, 1.807) is 36.4 Å². The first-order valence-electron chi connectivity index (χ1n) is 13.3. The molecule has 1 amide bonds. The first kappa shape index (κ1) is 29.7. The van der Waals surface area contributed by atoms with Gasteiger partial charge in [-0.1, -0.05) is 67.6 Å². The average Bonchev–Trinajstić information content (AvgIpc) is 2.97. The van der Waals surface area contributed by atoms with Crippen molar-refractivity contribution in [2.75, 3.05) is 7.05 Å². The van der Waals surface area contributed by atoms with E-state index in [2.05, 4.69) is 10.3 Å². The van der Waals surface area contributed by atoms with Gasteiger partial charge in [-0.05, 0) is 55.2 Å². The number of benzene rings is 3. The molecule has 0 aliphatic carbocycles. The Bertz CT molecular complexity index is 1700. The van der Waals surface area contributed by atoms with Crippen LogP contribution < -0.4 is 10.9 Å². The number of carbonyl (C=O) groups excluding carboxylic acids is 1. The largest absolute Gasteiger partial charge is 0.493 e. The molecule has 1 atom stereocenters. The number of nitrogens with zero attached hydrogens (tertiary/aromatic N) is 2. The van der Waals surface area contributed by atoms with Crippen molar-refractivity contribution in [1.29, 1.82) is 0 Å². The number of aromatic hydroxyl groups is 1. The Morgan fingerprint density at radius 1 is 1.00 bits per heavy atom. The summed E-state index contributed by atoms with van der Waals surface area (Å²) in [5, 5.41) is 14.1. The number of aromatic nitrogens is 2. The van der Waals surface area contributed by atoms with Gasteiger partial charge in [0.1, 0.15) is 12.4 Å². The molecule has 214 valence electrons. The van der Waals surface area contributed by atoms with Gasteiger partial charge in [0.05, 0.1) is 17.0 Å². The number of nitrogens with one attached hydrogen (secondary N) is 1. The SMILES string of the molecule is CC[C@@H](c1ccccc1)n1c(COC(C)C)nc(=O)c(S(=O)(=O)c2ccc(-c3ccccc3C(=O)NC)cc2)c1O. The predicted molar refractivity (Wildman–Crippen MR) is 156 cm³/mol. The molecule has 3 aromatic carbocycles. The minimum Gasteiger partial charge on any atom is -0.493 e. The third-order valence-corrected chi connectivity index (χ3v) is 8.49. The standard InChI is InChI=1S/C31H33N3O6S/c1-5-26(22-11-7-6-8-12-22)34-27(19-40-20(2)3)33-30(36)28(31(34)37)41(38,39)23-17-15-21(16-18-23)24-13-9-10-14-25(24)29(35)32-4/h6-18,20,26,37H,5,19H2,1-4H3,(H,32,35)/t26-/m0/s1. The van der Waals surface area contributed by atoms with Crippen LogP contribution in [0.4, 0.5) is 0 Å². The Morgan fingerprint density at radius 2 is 1.63 bits per heavy atom.